The predicted octanol–water partition coefficient (Wildman–Crippen LogP) is 1.23. The Morgan fingerprint density at radius 3 is 2.60 bits per heavy atom. The molecule has 4 N–H and O–H groups in total. The molecule has 1 fully saturated rings. The number of likely N-dealkylation sites (tertiary alicyclic amines) is 1. The Morgan fingerprint density at radius 2 is 2.15 bits per heavy atom. The van der Waals surface area contributed by atoms with Gasteiger partial charge in [0, 0.05) is 19.1 Å². The summed E-state index contributed by atoms with van der Waals surface area (Å²) in [4.78, 5) is 2.30. The lowest BCUT2D eigenvalue weighted by molar-refractivity contribution is -0.154. The molecule has 0 radical (unpaired) electrons. The zero-order valence-electron chi connectivity index (χ0n) is 11.8. The van der Waals surface area contributed by atoms with E-state index in [4.69, 9.17) is 10.9 Å². The van der Waals surface area contributed by atoms with Gasteiger partial charge in [0.2, 0.25) is 0 Å². The first-order valence-corrected chi connectivity index (χ1v) is 6.74. The molecule has 0 aliphatic carbocycles. The molecular weight excluding hydrogens is 273 g/mol. The molecule has 20 heavy (non-hydrogen) atoms. The van der Waals surface area contributed by atoms with Gasteiger partial charge in [-0.05, 0) is 39.3 Å². The van der Waals surface area contributed by atoms with Crippen LogP contribution in [0.25, 0.3) is 0 Å². The maximum atomic E-state index is 12.7. The zero-order chi connectivity index (χ0) is 15.3. The molecule has 8 heteroatoms. The molecular formula is C12H23F3N4O. The van der Waals surface area contributed by atoms with E-state index in [1.165, 1.54) is 0 Å². The van der Waals surface area contributed by atoms with Gasteiger partial charge >= 0.3 is 6.18 Å². The van der Waals surface area contributed by atoms with Crippen molar-refractivity contribution in [3.05, 3.63) is 0 Å². The SMILES string of the molecule is CC(C)N1CCC(CNCC(C(N)=NO)C(F)(F)F)C1. The van der Waals surface area contributed by atoms with Gasteiger partial charge in [-0.2, -0.15) is 13.2 Å². The molecule has 0 amide bonds. The molecule has 2 unspecified atom stereocenters. The zero-order valence-corrected chi connectivity index (χ0v) is 11.8. The van der Waals surface area contributed by atoms with Crippen LogP contribution in [0.4, 0.5) is 13.2 Å². The third-order valence-electron chi connectivity index (χ3n) is 3.70. The van der Waals surface area contributed by atoms with Gasteiger partial charge in [0.1, 0.15) is 5.92 Å². The predicted molar refractivity (Wildman–Crippen MR) is 70.6 cm³/mol. The molecule has 1 aliphatic rings. The number of oxime groups is 1. The number of hydrogen-bond donors (Lipinski definition) is 3. The largest absolute Gasteiger partial charge is 0.409 e. The minimum absolute atomic E-state index is 0.346. The van der Waals surface area contributed by atoms with Crippen molar-refractivity contribution < 1.29 is 18.4 Å². The van der Waals surface area contributed by atoms with Gasteiger partial charge in [0.15, 0.2) is 5.84 Å². The Bertz CT molecular complexity index is 333. The minimum atomic E-state index is -4.51. The van der Waals surface area contributed by atoms with Crippen LogP contribution in [0.2, 0.25) is 0 Å². The molecule has 5 nitrogen and oxygen atoms in total. The second-order valence-corrected chi connectivity index (χ2v) is 5.52. The Balaban J connectivity index is 2.39. The minimum Gasteiger partial charge on any atom is -0.409 e. The fourth-order valence-corrected chi connectivity index (χ4v) is 2.39. The summed E-state index contributed by atoms with van der Waals surface area (Å²) >= 11 is 0. The van der Waals surface area contributed by atoms with Crippen molar-refractivity contribution in [1.82, 2.24) is 10.2 Å². The fraction of sp³-hybridized carbons (Fsp3) is 0.917. The van der Waals surface area contributed by atoms with Crippen molar-refractivity contribution in [2.75, 3.05) is 26.2 Å². The van der Waals surface area contributed by atoms with Crippen molar-refractivity contribution in [2.24, 2.45) is 22.7 Å². The van der Waals surface area contributed by atoms with Crippen LogP contribution < -0.4 is 11.1 Å². The average molecular weight is 296 g/mol. The van der Waals surface area contributed by atoms with Crippen LogP contribution in [0, 0.1) is 11.8 Å². The molecule has 1 rings (SSSR count). The van der Waals surface area contributed by atoms with E-state index in [1.54, 1.807) is 0 Å². The molecule has 0 spiro atoms. The maximum absolute atomic E-state index is 12.7. The second kappa shape index (κ2) is 7.12. The molecule has 0 aromatic heterocycles. The van der Waals surface area contributed by atoms with Crippen molar-refractivity contribution in [3.8, 4) is 0 Å². The first-order valence-electron chi connectivity index (χ1n) is 6.74. The Morgan fingerprint density at radius 1 is 1.50 bits per heavy atom. The third-order valence-corrected chi connectivity index (χ3v) is 3.70. The van der Waals surface area contributed by atoms with Crippen LogP contribution in [0.15, 0.2) is 5.16 Å². The van der Waals surface area contributed by atoms with Gasteiger partial charge in [0.05, 0.1) is 0 Å². The lowest BCUT2D eigenvalue weighted by Gasteiger charge is -2.22. The van der Waals surface area contributed by atoms with Gasteiger partial charge in [-0.3, -0.25) is 0 Å². The fourth-order valence-electron chi connectivity index (χ4n) is 2.39. The van der Waals surface area contributed by atoms with E-state index in [9.17, 15) is 13.2 Å². The molecule has 1 heterocycles. The summed E-state index contributed by atoms with van der Waals surface area (Å²) in [7, 11) is 0. The summed E-state index contributed by atoms with van der Waals surface area (Å²) in [5.41, 5.74) is 5.09. The standard InChI is InChI=1S/C12H23F3N4O/c1-8(2)19-4-3-9(7-19)5-17-6-10(11(16)18-20)12(13,14)15/h8-10,17,20H,3-7H2,1-2H3,(H2,16,18). The molecule has 1 saturated heterocycles. The molecule has 2 atom stereocenters. The number of nitrogens with one attached hydrogen (secondary N) is 1. The van der Waals surface area contributed by atoms with Crippen molar-refractivity contribution in [2.45, 2.75) is 32.5 Å². The van der Waals surface area contributed by atoms with Crippen LogP contribution in [-0.2, 0) is 0 Å². The molecule has 1 aliphatic heterocycles. The third kappa shape index (κ3) is 4.82. The number of rotatable bonds is 6. The van der Waals surface area contributed by atoms with Crippen LogP contribution in [0.3, 0.4) is 0 Å². The van der Waals surface area contributed by atoms with Crippen molar-refractivity contribution >= 4 is 5.84 Å². The van der Waals surface area contributed by atoms with E-state index in [-0.39, 0.29) is 6.54 Å². The maximum Gasteiger partial charge on any atom is 0.400 e. The van der Waals surface area contributed by atoms with E-state index in [1.807, 2.05) is 0 Å². The molecule has 0 bridgehead atoms. The first kappa shape index (κ1) is 17.0. The Hall–Kier alpha value is -1.02. The van der Waals surface area contributed by atoms with Gasteiger partial charge in [-0.25, -0.2) is 0 Å². The summed E-state index contributed by atoms with van der Waals surface area (Å²) in [6, 6.07) is 0.458. The van der Waals surface area contributed by atoms with Gasteiger partial charge in [0.25, 0.3) is 0 Å². The summed E-state index contributed by atoms with van der Waals surface area (Å²) in [6.45, 7) is 6.23. The summed E-state index contributed by atoms with van der Waals surface area (Å²) < 4.78 is 38.1. The van der Waals surface area contributed by atoms with Crippen LogP contribution >= 0.6 is 0 Å². The van der Waals surface area contributed by atoms with E-state index in [0.717, 1.165) is 19.5 Å². The Kier molecular flexibility index (Phi) is 6.07. The number of amidine groups is 1. The summed E-state index contributed by atoms with van der Waals surface area (Å²) in [6.07, 6.45) is -3.53. The van der Waals surface area contributed by atoms with Crippen LogP contribution in [0.1, 0.15) is 20.3 Å². The Labute approximate surface area is 117 Å². The first-order chi connectivity index (χ1) is 9.25. The smallest absolute Gasteiger partial charge is 0.400 e. The van der Waals surface area contributed by atoms with E-state index >= 15 is 0 Å². The van der Waals surface area contributed by atoms with Gasteiger partial charge in [-0.15, -0.1) is 0 Å². The van der Waals surface area contributed by atoms with Crippen molar-refractivity contribution in [3.63, 3.8) is 0 Å². The van der Waals surface area contributed by atoms with E-state index in [2.05, 4.69) is 29.2 Å². The summed E-state index contributed by atoms with van der Waals surface area (Å²) in [5.74, 6) is -2.41. The molecule has 0 aromatic carbocycles. The molecule has 0 saturated carbocycles. The second-order valence-electron chi connectivity index (χ2n) is 5.52. The topological polar surface area (TPSA) is 73.9 Å². The van der Waals surface area contributed by atoms with Gasteiger partial charge in [-0.1, -0.05) is 5.16 Å². The van der Waals surface area contributed by atoms with E-state index in [0.29, 0.717) is 18.5 Å². The lowest BCUT2D eigenvalue weighted by atomic mass is 10.1. The lowest BCUT2D eigenvalue weighted by Crippen LogP contribution is -2.44. The van der Waals surface area contributed by atoms with Crippen LogP contribution in [-0.4, -0.2) is 54.3 Å². The van der Waals surface area contributed by atoms with Gasteiger partial charge < -0.3 is 21.2 Å². The summed E-state index contributed by atoms with van der Waals surface area (Å²) in [5, 5.41) is 13.7. The molecule has 0 aromatic rings. The van der Waals surface area contributed by atoms with Crippen molar-refractivity contribution in [1.29, 1.82) is 0 Å². The number of nitrogens with zero attached hydrogens (tertiary/aromatic N) is 2. The number of nitrogens with two attached hydrogens (primary N) is 1. The quantitative estimate of drug-likeness (QED) is 0.298. The highest BCUT2D eigenvalue weighted by atomic mass is 19.4. The normalized spacial score (nSPS) is 23.5. The highest BCUT2D eigenvalue weighted by Gasteiger charge is 2.42. The number of hydrogen-bond acceptors (Lipinski definition) is 4. The highest BCUT2D eigenvalue weighted by Crippen LogP contribution is 2.26. The monoisotopic (exact) mass is 296 g/mol. The molecule has 118 valence electrons. The number of alkyl halides is 3. The average Bonchev–Trinajstić information content (AvgIpc) is 2.81. The number of halogens is 3. The van der Waals surface area contributed by atoms with E-state index < -0.39 is 17.9 Å². The van der Waals surface area contributed by atoms with Crippen LogP contribution in [0.5, 0.6) is 0 Å². The highest BCUT2D eigenvalue weighted by molar-refractivity contribution is 5.83.